The Hall–Kier alpha value is -2.09. The quantitative estimate of drug-likeness (QED) is 0.869. The molecule has 0 bridgehead atoms. The lowest BCUT2D eigenvalue weighted by atomic mass is 9.82. The van der Waals surface area contributed by atoms with Gasteiger partial charge in [-0.25, -0.2) is 0 Å². The molecule has 108 valence electrons. The van der Waals surface area contributed by atoms with Crippen molar-refractivity contribution in [2.24, 2.45) is 0 Å². The third-order valence-electron chi connectivity index (χ3n) is 4.34. The highest BCUT2D eigenvalue weighted by molar-refractivity contribution is 5.96. The average molecular weight is 279 g/mol. The lowest BCUT2D eigenvalue weighted by molar-refractivity contribution is -0.117. The van der Waals surface area contributed by atoms with Crippen LogP contribution in [0.5, 0.6) is 0 Å². The van der Waals surface area contributed by atoms with E-state index in [1.165, 1.54) is 16.7 Å². The molecule has 1 aliphatic carbocycles. The maximum absolute atomic E-state index is 12.7. The Morgan fingerprint density at radius 1 is 1.14 bits per heavy atom. The van der Waals surface area contributed by atoms with Crippen LogP contribution in [-0.2, 0) is 11.2 Å². The molecule has 1 aliphatic rings. The van der Waals surface area contributed by atoms with E-state index < -0.39 is 0 Å². The number of aryl methyl sites for hydroxylation is 3. The molecule has 3 rings (SSSR count). The second kappa shape index (κ2) is 5.72. The molecule has 0 aromatic heterocycles. The third-order valence-corrected chi connectivity index (χ3v) is 4.34. The summed E-state index contributed by atoms with van der Waals surface area (Å²) in [4.78, 5) is 12.7. The standard InChI is InChI=1S/C19H21NO/c1-13-10-11-14(2)18(12-13)20-19(21)17-9-5-7-15-6-3-4-8-16(15)17/h3-4,6,8,10-12,17H,5,7,9H2,1-2H3,(H,20,21)/t17-/m1/s1. The summed E-state index contributed by atoms with van der Waals surface area (Å²) in [5.74, 6) is 0.103. The fourth-order valence-corrected chi connectivity index (χ4v) is 3.12. The number of benzene rings is 2. The predicted octanol–water partition coefficient (Wildman–Crippen LogP) is 4.36. The number of anilines is 1. The first-order valence-electron chi connectivity index (χ1n) is 7.61. The number of fused-ring (bicyclic) bond motifs is 1. The van der Waals surface area contributed by atoms with Crippen LogP contribution in [-0.4, -0.2) is 5.91 Å². The van der Waals surface area contributed by atoms with Crippen LogP contribution in [0, 0.1) is 13.8 Å². The monoisotopic (exact) mass is 279 g/mol. The van der Waals surface area contributed by atoms with Gasteiger partial charge in [-0.3, -0.25) is 4.79 Å². The Kier molecular flexibility index (Phi) is 3.78. The molecule has 0 unspecified atom stereocenters. The van der Waals surface area contributed by atoms with Gasteiger partial charge < -0.3 is 5.32 Å². The van der Waals surface area contributed by atoms with Crippen LogP contribution < -0.4 is 5.32 Å². The number of hydrogen-bond donors (Lipinski definition) is 1. The minimum absolute atomic E-state index is 0.0186. The zero-order chi connectivity index (χ0) is 14.8. The molecule has 0 saturated carbocycles. The van der Waals surface area contributed by atoms with E-state index in [2.05, 4.69) is 35.6 Å². The first kappa shape index (κ1) is 13.9. The Bertz CT molecular complexity index is 675. The minimum Gasteiger partial charge on any atom is -0.325 e. The van der Waals surface area contributed by atoms with Crippen molar-refractivity contribution in [3.05, 3.63) is 64.7 Å². The average Bonchev–Trinajstić information content (AvgIpc) is 2.50. The molecule has 0 aliphatic heterocycles. The SMILES string of the molecule is Cc1ccc(C)c(NC(=O)[C@@H]2CCCc3ccccc32)c1. The fourth-order valence-electron chi connectivity index (χ4n) is 3.12. The summed E-state index contributed by atoms with van der Waals surface area (Å²) in [7, 11) is 0. The number of carbonyl (C=O) groups is 1. The molecular formula is C19H21NO. The van der Waals surface area contributed by atoms with Crippen molar-refractivity contribution in [3.63, 3.8) is 0 Å². The highest BCUT2D eigenvalue weighted by atomic mass is 16.1. The van der Waals surface area contributed by atoms with Gasteiger partial charge in [-0.05, 0) is 61.4 Å². The molecular weight excluding hydrogens is 258 g/mol. The van der Waals surface area contributed by atoms with Gasteiger partial charge in [0.05, 0.1) is 5.92 Å². The van der Waals surface area contributed by atoms with Crippen LogP contribution in [0.25, 0.3) is 0 Å². The Labute approximate surface area is 126 Å². The Morgan fingerprint density at radius 2 is 1.95 bits per heavy atom. The summed E-state index contributed by atoms with van der Waals surface area (Å²) in [6.45, 7) is 4.08. The van der Waals surface area contributed by atoms with E-state index in [1.54, 1.807) is 0 Å². The molecule has 0 saturated heterocycles. The zero-order valence-corrected chi connectivity index (χ0v) is 12.6. The summed E-state index contributed by atoms with van der Waals surface area (Å²) < 4.78 is 0. The van der Waals surface area contributed by atoms with E-state index in [4.69, 9.17) is 0 Å². The highest BCUT2D eigenvalue weighted by Gasteiger charge is 2.26. The Balaban J connectivity index is 1.85. The van der Waals surface area contributed by atoms with E-state index in [1.807, 2.05) is 26.0 Å². The van der Waals surface area contributed by atoms with Gasteiger partial charge in [0, 0.05) is 5.69 Å². The first-order valence-corrected chi connectivity index (χ1v) is 7.61. The maximum Gasteiger partial charge on any atom is 0.231 e. The van der Waals surface area contributed by atoms with Gasteiger partial charge in [-0.2, -0.15) is 0 Å². The van der Waals surface area contributed by atoms with Crippen LogP contribution in [0.2, 0.25) is 0 Å². The van der Waals surface area contributed by atoms with Crippen LogP contribution in [0.4, 0.5) is 5.69 Å². The Morgan fingerprint density at radius 3 is 2.81 bits per heavy atom. The summed E-state index contributed by atoms with van der Waals surface area (Å²) in [5, 5.41) is 3.12. The van der Waals surface area contributed by atoms with Gasteiger partial charge in [0.15, 0.2) is 0 Å². The van der Waals surface area contributed by atoms with Crippen molar-refractivity contribution < 1.29 is 4.79 Å². The summed E-state index contributed by atoms with van der Waals surface area (Å²) in [5.41, 5.74) is 5.73. The van der Waals surface area contributed by atoms with Gasteiger partial charge in [0.1, 0.15) is 0 Å². The second-order valence-electron chi connectivity index (χ2n) is 5.95. The normalized spacial score (nSPS) is 17.1. The third kappa shape index (κ3) is 2.85. The molecule has 21 heavy (non-hydrogen) atoms. The topological polar surface area (TPSA) is 29.1 Å². The van der Waals surface area contributed by atoms with Gasteiger partial charge in [-0.1, -0.05) is 36.4 Å². The fraction of sp³-hybridized carbons (Fsp3) is 0.316. The summed E-state index contributed by atoms with van der Waals surface area (Å²) in [6, 6.07) is 14.5. The second-order valence-corrected chi connectivity index (χ2v) is 5.95. The van der Waals surface area contributed by atoms with Gasteiger partial charge in [0.2, 0.25) is 5.91 Å². The minimum atomic E-state index is -0.0186. The van der Waals surface area contributed by atoms with Crippen LogP contribution in [0.1, 0.15) is 41.0 Å². The van der Waals surface area contributed by atoms with E-state index in [0.29, 0.717) is 0 Å². The number of amides is 1. The van der Waals surface area contributed by atoms with Crippen molar-refractivity contribution in [2.45, 2.75) is 39.0 Å². The molecule has 2 nitrogen and oxygen atoms in total. The van der Waals surface area contributed by atoms with E-state index in [-0.39, 0.29) is 11.8 Å². The van der Waals surface area contributed by atoms with Crippen LogP contribution in [0.15, 0.2) is 42.5 Å². The predicted molar refractivity (Wildman–Crippen MR) is 86.7 cm³/mol. The number of carbonyl (C=O) groups excluding carboxylic acids is 1. The number of rotatable bonds is 2. The molecule has 2 heteroatoms. The molecule has 2 aromatic carbocycles. The van der Waals surface area contributed by atoms with E-state index in [0.717, 1.165) is 30.5 Å². The molecule has 0 fully saturated rings. The highest BCUT2D eigenvalue weighted by Crippen LogP contribution is 2.32. The zero-order valence-electron chi connectivity index (χ0n) is 12.6. The van der Waals surface area contributed by atoms with Crippen molar-refractivity contribution in [3.8, 4) is 0 Å². The van der Waals surface area contributed by atoms with Crippen molar-refractivity contribution in [1.82, 2.24) is 0 Å². The van der Waals surface area contributed by atoms with E-state index >= 15 is 0 Å². The molecule has 2 aromatic rings. The van der Waals surface area contributed by atoms with Crippen molar-refractivity contribution in [2.75, 3.05) is 5.32 Å². The van der Waals surface area contributed by atoms with Gasteiger partial charge in [-0.15, -0.1) is 0 Å². The lowest BCUT2D eigenvalue weighted by Crippen LogP contribution is -2.25. The molecule has 1 amide bonds. The molecule has 0 heterocycles. The molecule has 1 N–H and O–H groups in total. The van der Waals surface area contributed by atoms with Gasteiger partial charge in [0.25, 0.3) is 0 Å². The van der Waals surface area contributed by atoms with E-state index in [9.17, 15) is 4.79 Å². The maximum atomic E-state index is 12.7. The molecule has 0 spiro atoms. The molecule has 0 radical (unpaired) electrons. The molecule has 1 atom stereocenters. The summed E-state index contributed by atoms with van der Waals surface area (Å²) >= 11 is 0. The smallest absolute Gasteiger partial charge is 0.231 e. The first-order chi connectivity index (χ1) is 10.1. The van der Waals surface area contributed by atoms with Crippen molar-refractivity contribution in [1.29, 1.82) is 0 Å². The largest absolute Gasteiger partial charge is 0.325 e. The van der Waals surface area contributed by atoms with Crippen LogP contribution >= 0.6 is 0 Å². The van der Waals surface area contributed by atoms with Crippen molar-refractivity contribution >= 4 is 11.6 Å². The van der Waals surface area contributed by atoms with Crippen LogP contribution in [0.3, 0.4) is 0 Å². The number of hydrogen-bond acceptors (Lipinski definition) is 1. The number of nitrogens with one attached hydrogen (secondary N) is 1. The van der Waals surface area contributed by atoms with Gasteiger partial charge >= 0.3 is 0 Å². The summed E-state index contributed by atoms with van der Waals surface area (Å²) in [6.07, 6.45) is 3.11. The lowest BCUT2D eigenvalue weighted by Gasteiger charge is -2.25.